The molecule has 0 radical (unpaired) electrons. The van der Waals surface area contributed by atoms with Crippen molar-refractivity contribution < 1.29 is 32.2 Å². The topological polar surface area (TPSA) is 57.7 Å². The fourth-order valence-electron chi connectivity index (χ4n) is 1.81. The summed E-state index contributed by atoms with van der Waals surface area (Å²) in [5.41, 5.74) is -1.04. The minimum Gasteiger partial charge on any atom is -0.479 e. The summed E-state index contributed by atoms with van der Waals surface area (Å²) >= 11 is 5.53. The molecule has 0 fully saturated rings. The van der Waals surface area contributed by atoms with Crippen molar-refractivity contribution in [3.05, 3.63) is 47.1 Å². The van der Waals surface area contributed by atoms with Gasteiger partial charge in [0.15, 0.2) is 6.10 Å². The number of carbonyl (C=O) groups is 1. The number of hydrogen-bond donors (Lipinski definition) is 0. The van der Waals surface area contributed by atoms with E-state index in [1.54, 1.807) is 0 Å². The molecule has 0 saturated carbocycles. The molecule has 0 saturated heterocycles. The number of alkyl halides is 3. The lowest BCUT2D eigenvalue weighted by Crippen LogP contribution is -2.24. The van der Waals surface area contributed by atoms with Crippen molar-refractivity contribution in [2.24, 2.45) is 0 Å². The van der Waals surface area contributed by atoms with E-state index in [0.717, 1.165) is 12.1 Å². The van der Waals surface area contributed by atoms with Gasteiger partial charge in [-0.3, -0.25) is 0 Å². The van der Waals surface area contributed by atoms with Crippen molar-refractivity contribution in [2.45, 2.75) is 19.2 Å². The number of esters is 1. The molecular formula is C16H13ClF3NO4. The largest absolute Gasteiger partial charge is 0.479 e. The SMILES string of the molecule is COC(=O)C(C)Oc1ccc(Oc2ccc(C(F)(F)F)c(Cl)n2)cc1. The van der Waals surface area contributed by atoms with Crippen molar-refractivity contribution in [1.82, 2.24) is 4.98 Å². The highest BCUT2D eigenvalue weighted by atomic mass is 35.5. The maximum Gasteiger partial charge on any atom is 0.419 e. The smallest absolute Gasteiger partial charge is 0.419 e. The molecule has 0 spiro atoms. The van der Waals surface area contributed by atoms with Gasteiger partial charge in [-0.2, -0.15) is 13.2 Å². The molecule has 0 aliphatic rings. The Morgan fingerprint density at radius 2 is 1.72 bits per heavy atom. The van der Waals surface area contributed by atoms with Crippen LogP contribution in [0.15, 0.2) is 36.4 Å². The third-order valence-electron chi connectivity index (χ3n) is 3.02. The molecule has 1 aromatic heterocycles. The number of rotatable bonds is 5. The molecule has 25 heavy (non-hydrogen) atoms. The van der Waals surface area contributed by atoms with E-state index < -0.39 is 29.0 Å². The van der Waals surface area contributed by atoms with E-state index in [1.807, 2.05) is 0 Å². The molecule has 134 valence electrons. The monoisotopic (exact) mass is 375 g/mol. The van der Waals surface area contributed by atoms with Gasteiger partial charge in [0.25, 0.3) is 0 Å². The first-order valence-corrected chi connectivity index (χ1v) is 7.34. The molecule has 0 aliphatic heterocycles. The summed E-state index contributed by atoms with van der Waals surface area (Å²) in [5.74, 6) is 0.0866. The second-order valence-electron chi connectivity index (χ2n) is 4.84. The Balaban J connectivity index is 2.06. The fraction of sp³-hybridized carbons (Fsp3) is 0.250. The quantitative estimate of drug-likeness (QED) is 0.569. The fourth-order valence-corrected chi connectivity index (χ4v) is 2.06. The molecule has 1 atom stereocenters. The maximum absolute atomic E-state index is 12.6. The third kappa shape index (κ3) is 4.99. The summed E-state index contributed by atoms with van der Waals surface area (Å²) in [5, 5.41) is -0.697. The highest BCUT2D eigenvalue weighted by Crippen LogP contribution is 2.35. The molecular weight excluding hydrogens is 363 g/mol. The van der Waals surface area contributed by atoms with Crippen LogP contribution in [0.25, 0.3) is 0 Å². The number of pyridine rings is 1. The van der Waals surface area contributed by atoms with Gasteiger partial charge in [0.1, 0.15) is 16.7 Å². The first-order chi connectivity index (χ1) is 11.7. The van der Waals surface area contributed by atoms with E-state index in [2.05, 4.69) is 9.72 Å². The van der Waals surface area contributed by atoms with Crippen LogP contribution in [0.3, 0.4) is 0 Å². The Morgan fingerprint density at radius 1 is 1.12 bits per heavy atom. The number of carbonyl (C=O) groups excluding carboxylic acids is 1. The molecule has 0 bridgehead atoms. The minimum absolute atomic E-state index is 0.0883. The molecule has 0 aliphatic carbocycles. The molecule has 9 heteroatoms. The Hall–Kier alpha value is -2.48. The average Bonchev–Trinajstić information content (AvgIpc) is 2.54. The van der Waals surface area contributed by atoms with Gasteiger partial charge in [0.2, 0.25) is 5.88 Å². The zero-order chi connectivity index (χ0) is 18.6. The number of nitrogens with zero attached hydrogens (tertiary/aromatic N) is 1. The zero-order valence-corrected chi connectivity index (χ0v) is 13.9. The van der Waals surface area contributed by atoms with E-state index in [9.17, 15) is 18.0 Å². The lowest BCUT2D eigenvalue weighted by atomic mass is 10.3. The summed E-state index contributed by atoms with van der Waals surface area (Å²) in [6, 6.07) is 7.93. The van der Waals surface area contributed by atoms with Crippen molar-refractivity contribution >= 4 is 17.6 Å². The molecule has 5 nitrogen and oxygen atoms in total. The second kappa shape index (κ2) is 7.60. The highest BCUT2D eigenvalue weighted by molar-refractivity contribution is 6.30. The number of aromatic nitrogens is 1. The van der Waals surface area contributed by atoms with E-state index in [-0.39, 0.29) is 5.88 Å². The van der Waals surface area contributed by atoms with E-state index >= 15 is 0 Å². The molecule has 0 N–H and O–H groups in total. The van der Waals surface area contributed by atoms with Crippen LogP contribution in [-0.4, -0.2) is 24.2 Å². The lowest BCUT2D eigenvalue weighted by Gasteiger charge is -2.13. The number of ether oxygens (including phenoxy) is 3. The summed E-state index contributed by atoms with van der Waals surface area (Å²) in [4.78, 5) is 14.9. The van der Waals surface area contributed by atoms with Crippen LogP contribution in [0.1, 0.15) is 12.5 Å². The summed E-state index contributed by atoms with van der Waals surface area (Å²) in [6.07, 6.45) is -5.37. The van der Waals surface area contributed by atoms with Crippen LogP contribution < -0.4 is 9.47 Å². The first-order valence-electron chi connectivity index (χ1n) is 6.97. The van der Waals surface area contributed by atoms with Crippen molar-refractivity contribution in [3.8, 4) is 17.4 Å². The van der Waals surface area contributed by atoms with E-state index in [0.29, 0.717) is 11.5 Å². The van der Waals surface area contributed by atoms with Gasteiger partial charge in [0, 0.05) is 6.07 Å². The van der Waals surface area contributed by atoms with Crippen LogP contribution in [0.4, 0.5) is 13.2 Å². The number of benzene rings is 1. The van der Waals surface area contributed by atoms with Gasteiger partial charge in [-0.05, 0) is 37.3 Å². The van der Waals surface area contributed by atoms with Crippen LogP contribution in [0, 0.1) is 0 Å². The number of hydrogen-bond acceptors (Lipinski definition) is 5. The Labute approximate surface area is 146 Å². The maximum atomic E-state index is 12.6. The van der Waals surface area contributed by atoms with Crippen LogP contribution in [-0.2, 0) is 15.7 Å². The molecule has 2 rings (SSSR count). The first kappa shape index (κ1) is 18.9. The molecule has 1 heterocycles. The van der Waals surface area contributed by atoms with Crippen molar-refractivity contribution in [3.63, 3.8) is 0 Å². The summed E-state index contributed by atoms with van der Waals surface area (Å²) < 4.78 is 53.1. The molecule has 0 amide bonds. The van der Waals surface area contributed by atoms with Gasteiger partial charge in [-0.15, -0.1) is 0 Å². The predicted molar refractivity (Wildman–Crippen MR) is 82.9 cm³/mol. The van der Waals surface area contributed by atoms with Gasteiger partial charge in [0.05, 0.1) is 12.7 Å². The zero-order valence-electron chi connectivity index (χ0n) is 13.1. The number of halogens is 4. The summed E-state index contributed by atoms with van der Waals surface area (Å²) in [6.45, 7) is 1.53. The number of methoxy groups -OCH3 is 1. The molecule has 1 unspecified atom stereocenters. The Morgan fingerprint density at radius 3 is 2.24 bits per heavy atom. The minimum atomic E-state index is -4.59. The van der Waals surface area contributed by atoms with Gasteiger partial charge in [-0.1, -0.05) is 11.6 Å². The van der Waals surface area contributed by atoms with Gasteiger partial charge >= 0.3 is 12.1 Å². The standard InChI is InChI=1S/C16H13ClF3NO4/c1-9(15(22)23-2)24-10-3-5-11(6-4-10)25-13-8-7-12(14(17)21-13)16(18,19)20/h3-9H,1-2H3. The Kier molecular flexibility index (Phi) is 5.73. The third-order valence-corrected chi connectivity index (χ3v) is 3.31. The van der Waals surface area contributed by atoms with Gasteiger partial charge < -0.3 is 14.2 Å². The highest BCUT2D eigenvalue weighted by Gasteiger charge is 2.34. The summed E-state index contributed by atoms with van der Waals surface area (Å²) in [7, 11) is 1.25. The van der Waals surface area contributed by atoms with Crippen LogP contribution in [0.5, 0.6) is 17.4 Å². The van der Waals surface area contributed by atoms with Crippen molar-refractivity contribution in [1.29, 1.82) is 0 Å². The molecule has 1 aromatic carbocycles. The normalized spacial score (nSPS) is 12.4. The lowest BCUT2D eigenvalue weighted by molar-refractivity contribution is -0.148. The van der Waals surface area contributed by atoms with Crippen molar-refractivity contribution in [2.75, 3.05) is 7.11 Å². The second-order valence-corrected chi connectivity index (χ2v) is 5.20. The van der Waals surface area contributed by atoms with E-state index in [1.165, 1.54) is 38.3 Å². The van der Waals surface area contributed by atoms with Gasteiger partial charge in [-0.25, -0.2) is 9.78 Å². The Bertz CT molecular complexity index is 750. The van der Waals surface area contributed by atoms with Crippen LogP contribution in [0.2, 0.25) is 5.15 Å². The van der Waals surface area contributed by atoms with E-state index in [4.69, 9.17) is 21.1 Å². The van der Waals surface area contributed by atoms with Crippen LogP contribution >= 0.6 is 11.6 Å². The predicted octanol–water partition coefficient (Wildman–Crippen LogP) is 4.49. The molecule has 2 aromatic rings. The average molecular weight is 376 g/mol.